The van der Waals surface area contributed by atoms with Crippen LogP contribution in [0.2, 0.25) is 0 Å². The van der Waals surface area contributed by atoms with Gasteiger partial charge >= 0.3 is 0 Å². The van der Waals surface area contributed by atoms with E-state index in [2.05, 4.69) is 23.0 Å². The number of fused-ring (bicyclic) bond motifs is 1. The minimum atomic E-state index is 0.626. The number of aromatic nitrogens is 1. The normalized spacial score (nSPS) is 14.8. The van der Waals surface area contributed by atoms with Crippen molar-refractivity contribution in [1.82, 2.24) is 9.88 Å². The van der Waals surface area contributed by atoms with Crippen molar-refractivity contribution in [2.75, 3.05) is 19.8 Å². The second kappa shape index (κ2) is 5.31. The summed E-state index contributed by atoms with van der Waals surface area (Å²) in [5.41, 5.74) is 3.76. The molecule has 0 unspecified atom stereocenters. The maximum absolute atomic E-state index is 9.54. The van der Waals surface area contributed by atoms with Gasteiger partial charge in [-0.2, -0.15) is 5.26 Å². The van der Waals surface area contributed by atoms with Crippen LogP contribution >= 0.6 is 11.8 Å². The Morgan fingerprint density at radius 2 is 2.35 bits per heavy atom. The first-order valence-electron chi connectivity index (χ1n) is 6.47. The molecule has 0 atom stereocenters. The van der Waals surface area contributed by atoms with Crippen molar-refractivity contribution in [3.63, 3.8) is 0 Å². The molecule has 0 amide bonds. The minimum absolute atomic E-state index is 0.626. The van der Waals surface area contributed by atoms with Crippen LogP contribution in [0.5, 0.6) is 0 Å². The van der Waals surface area contributed by atoms with Gasteiger partial charge in [-0.1, -0.05) is 0 Å². The molecule has 0 aromatic carbocycles. The van der Waals surface area contributed by atoms with Crippen molar-refractivity contribution in [1.29, 1.82) is 5.26 Å². The highest BCUT2D eigenvalue weighted by molar-refractivity contribution is 7.98. The van der Waals surface area contributed by atoms with Gasteiger partial charge in [0.05, 0.1) is 11.8 Å². The summed E-state index contributed by atoms with van der Waals surface area (Å²) in [6, 6.07) is 6.07. The molecule has 0 aliphatic carbocycles. The fraction of sp³-hybridized carbons (Fsp3) is 0.333. The lowest BCUT2D eigenvalue weighted by Gasteiger charge is -2.27. The van der Waals surface area contributed by atoms with Crippen molar-refractivity contribution in [2.24, 2.45) is 0 Å². The molecule has 3 heterocycles. The van der Waals surface area contributed by atoms with E-state index in [1.54, 1.807) is 6.26 Å². The predicted octanol–water partition coefficient (Wildman–Crippen LogP) is 2.92. The fourth-order valence-corrected chi connectivity index (χ4v) is 3.17. The van der Waals surface area contributed by atoms with Gasteiger partial charge in [-0.3, -0.25) is 0 Å². The lowest BCUT2D eigenvalue weighted by molar-refractivity contribution is 0.309. The van der Waals surface area contributed by atoms with E-state index >= 15 is 0 Å². The molecule has 4 nitrogen and oxygen atoms in total. The van der Waals surface area contributed by atoms with Crippen LogP contribution in [0.1, 0.15) is 16.8 Å². The highest BCUT2D eigenvalue weighted by atomic mass is 32.2. The van der Waals surface area contributed by atoms with E-state index in [1.807, 2.05) is 18.4 Å². The number of nitriles is 1. The van der Waals surface area contributed by atoms with E-state index in [1.165, 1.54) is 11.8 Å². The Kier molecular flexibility index (Phi) is 3.51. The van der Waals surface area contributed by atoms with E-state index in [4.69, 9.17) is 4.42 Å². The van der Waals surface area contributed by atoms with Crippen molar-refractivity contribution >= 4 is 11.8 Å². The van der Waals surface area contributed by atoms with Crippen molar-refractivity contribution < 1.29 is 4.42 Å². The Labute approximate surface area is 122 Å². The summed E-state index contributed by atoms with van der Waals surface area (Å²) < 4.78 is 5.56. The van der Waals surface area contributed by atoms with E-state index in [9.17, 15) is 5.26 Å². The van der Waals surface area contributed by atoms with E-state index < -0.39 is 0 Å². The van der Waals surface area contributed by atoms with Crippen molar-refractivity contribution in [3.8, 4) is 17.4 Å². The smallest absolute Gasteiger partial charge is 0.135 e. The molecule has 0 saturated carbocycles. The van der Waals surface area contributed by atoms with Crippen LogP contribution in [-0.2, 0) is 13.0 Å². The molecule has 20 heavy (non-hydrogen) atoms. The Hall–Kier alpha value is -1.77. The fourth-order valence-electron chi connectivity index (χ4n) is 2.62. The summed E-state index contributed by atoms with van der Waals surface area (Å²) in [5, 5.41) is 10.3. The largest absolute Gasteiger partial charge is 0.464 e. The average Bonchev–Trinajstić information content (AvgIpc) is 2.98. The molecule has 2 aromatic rings. The first-order valence-corrected chi connectivity index (χ1v) is 7.69. The lowest BCUT2D eigenvalue weighted by Crippen LogP contribution is -2.28. The van der Waals surface area contributed by atoms with Gasteiger partial charge in [-0.05, 0) is 25.4 Å². The number of thioether (sulfide) groups is 1. The number of likely N-dealkylation sites (N-methyl/N-ethyl adjacent to an activating group) is 1. The van der Waals surface area contributed by atoms with Crippen LogP contribution in [-0.4, -0.2) is 29.7 Å². The van der Waals surface area contributed by atoms with Crippen LogP contribution in [0, 0.1) is 11.3 Å². The maximum Gasteiger partial charge on any atom is 0.135 e. The Bertz CT molecular complexity index is 673. The van der Waals surface area contributed by atoms with Crippen LogP contribution in [0.3, 0.4) is 0 Å². The summed E-state index contributed by atoms with van der Waals surface area (Å²) in [6.45, 7) is 1.80. The van der Waals surface area contributed by atoms with Crippen molar-refractivity contribution in [3.05, 3.63) is 35.2 Å². The number of pyridine rings is 1. The summed E-state index contributed by atoms with van der Waals surface area (Å²) in [5.74, 6) is 0.755. The number of nitrogens with zero attached hydrogens (tertiary/aromatic N) is 3. The molecule has 1 aliphatic rings. The standard InChI is InChI=1S/C15H15N3OS/c1-18-6-5-12-11(9-18)14(13-4-3-7-19-13)10(8-16)15(17-12)20-2/h3-4,7H,5-6,9H2,1-2H3. The lowest BCUT2D eigenvalue weighted by atomic mass is 9.95. The predicted molar refractivity (Wildman–Crippen MR) is 78.5 cm³/mol. The van der Waals surface area contributed by atoms with Gasteiger partial charge in [-0.15, -0.1) is 11.8 Å². The first-order chi connectivity index (χ1) is 9.74. The molecular weight excluding hydrogens is 270 g/mol. The second-order valence-corrected chi connectivity index (χ2v) is 5.67. The highest BCUT2D eigenvalue weighted by Gasteiger charge is 2.25. The number of furan rings is 1. The minimum Gasteiger partial charge on any atom is -0.464 e. The quantitative estimate of drug-likeness (QED) is 0.794. The highest BCUT2D eigenvalue weighted by Crippen LogP contribution is 2.36. The number of hydrogen-bond donors (Lipinski definition) is 0. The van der Waals surface area contributed by atoms with Gasteiger partial charge in [0.25, 0.3) is 0 Å². The molecule has 102 valence electrons. The second-order valence-electron chi connectivity index (χ2n) is 4.87. The van der Waals surface area contributed by atoms with Crippen LogP contribution in [0.15, 0.2) is 27.8 Å². The van der Waals surface area contributed by atoms with Gasteiger partial charge in [0.1, 0.15) is 16.9 Å². The molecule has 0 N–H and O–H groups in total. The topological polar surface area (TPSA) is 53.1 Å². The third-order valence-electron chi connectivity index (χ3n) is 3.58. The van der Waals surface area contributed by atoms with Crippen LogP contribution in [0.25, 0.3) is 11.3 Å². The molecule has 0 bridgehead atoms. The average molecular weight is 285 g/mol. The third-order valence-corrected chi connectivity index (χ3v) is 4.26. The molecule has 0 fully saturated rings. The molecule has 0 radical (unpaired) electrons. The van der Waals surface area contributed by atoms with Crippen LogP contribution < -0.4 is 0 Å². The first kappa shape index (κ1) is 13.2. The zero-order chi connectivity index (χ0) is 14.1. The number of rotatable bonds is 2. The monoisotopic (exact) mass is 285 g/mol. The SMILES string of the molecule is CSc1nc2c(c(-c3ccco3)c1C#N)CN(C)CC2. The maximum atomic E-state index is 9.54. The summed E-state index contributed by atoms with van der Waals surface area (Å²) in [7, 11) is 2.09. The Morgan fingerprint density at radius 3 is 3.00 bits per heavy atom. The van der Waals surface area contributed by atoms with E-state index in [0.717, 1.165) is 47.1 Å². The zero-order valence-corrected chi connectivity index (χ0v) is 12.3. The summed E-state index contributed by atoms with van der Waals surface area (Å²) in [6.07, 6.45) is 4.52. The number of hydrogen-bond acceptors (Lipinski definition) is 5. The van der Waals surface area contributed by atoms with Gasteiger partial charge in [0.2, 0.25) is 0 Å². The molecule has 1 aliphatic heterocycles. The van der Waals surface area contributed by atoms with Gasteiger partial charge in [0.15, 0.2) is 0 Å². The van der Waals surface area contributed by atoms with Gasteiger partial charge < -0.3 is 9.32 Å². The van der Waals surface area contributed by atoms with Crippen molar-refractivity contribution in [2.45, 2.75) is 18.0 Å². The van der Waals surface area contributed by atoms with E-state index in [-0.39, 0.29) is 0 Å². The summed E-state index contributed by atoms with van der Waals surface area (Å²) >= 11 is 1.52. The van der Waals surface area contributed by atoms with Crippen LogP contribution in [0.4, 0.5) is 0 Å². The van der Waals surface area contributed by atoms with Gasteiger partial charge in [-0.25, -0.2) is 4.98 Å². The molecule has 0 spiro atoms. The Balaban J connectivity index is 2.31. The summed E-state index contributed by atoms with van der Waals surface area (Å²) in [4.78, 5) is 6.93. The van der Waals surface area contributed by atoms with E-state index in [0.29, 0.717) is 5.56 Å². The molecule has 2 aromatic heterocycles. The third kappa shape index (κ3) is 2.11. The molecule has 5 heteroatoms. The molecule has 3 rings (SSSR count). The molecule has 0 saturated heterocycles. The zero-order valence-electron chi connectivity index (χ0n) is 11.5. The Morgan fingerprint density at radius 1 is 1.50 bits per heavy atom. The molecular formula is C15H15N3OS. The van der Waals surface area contributed by atoms with Gasteiger partial charge in [0, 0.05) is 36.3 Å².